The summed E-state index contributed by atoms with van der Waals surface area (Å²) in [6, 6.07) is 12.0. The van der Waals surface area contributed by atoms with Crippen molar-refractivity contribution in [2.24, 2.45) is 0 Å². The minimum absolute atomic E-state index is 0.280. The van der Waals surface area contributed by atoms with Gasteiger partial charge >= 0.3 is 0 Å². The van der Waals surface area contributed by atoms with Crippen LogP contribution in [0.15, 0.2) is 42.5 Å². The van der Waals surface area contributed by atoms with Crippen molar-refractivity contribution in [3.8, 4) is 5.75 Å². The van der Waals surface area contributed by atoms with Crippen LogP contribution in [0.1, 0.15) is 19.4 Å². The summed E-state index contributed by atoms with van der Waals surface area (Å²) in [5, 5.41) is 0. The summed E-state index contributed by atoms with van der Waals surface area (Å²) in [5.74, 6) is -1.72. The summed E-state index contributed by atoms with van der Waals surface area (Å²) >= 11 is 0. The second-order valence-electron chi connectivity index (χ2n) is 4.90. The molecular formula is C16H18F2N2O. The third kappa shape index (κ3) is 4.43. The van der Waals surface area contributed by atoms with Gasteiger partial charge in [0.1, 0.15) is 0 Å². The first kappa shape index (κ1) is 15.3. The van der Waals surface area contributed by atoms with Gasteiger partial charge in [0.05, 0.1) is 6.10 Å². The minimum atomic E-state index is -0.694. The maximum absolute atomic E-state index is 13.8. The van der Waals surface area contributed by atoms with Crippen molar-refractivity contribution in [1.82, 2.24) is 5.43 Å². The van der Waals surface area contributed by atoms with E-state index in [4.69, 9.17) is 4.74 Å². The van der Waals surface area contributed by atoms with Gasteiger partial charge in [-0.05, 0) is 43.7 Å². The highest BCUT2D eigenvalue weighted by atomic mass is 19.1. The lowest BCUT2D eigenvalue weighted by Gasteiger charge is -2.13. The molecule has 0 atom stereocenters. The molecule has 0 saturated carbocycles. The van der Waals surface area contributed by atoms with E-state index in [1.165, 1.54) is 12.1 Å². The monoisotopic (exact) mass is 292 g/mol. The number of benzene rings is 2. The molecule has 0 fully saturated rings. The highest BCUT2D eigenvalue weighted by molar-refractivity contribution is 5.41. The Kier molecular flexibility index (Phi) is 5.11. The number of nitrogens with one attached hydrogen (secondary N) is 2. The highest BCUT2D eigenvalue weighted by Gasteiger charge is 2.13. The van der Waals surface area contributed by atoms with E-state index < -0.39 is 11.6 Å². The van der Waals surface area contributed by atoms with Gasteiger partial charge in [0, 0.05) is 12.2 Å². The zero-order valence-electron chi connectivity index (χ0n) is 12.0. The Morgan fingerprint density at radius 1 is 1.05 bits per heavy atom. The molecule has 2 N–H and O–H groups in total. The quantitative estimate of drug-likeness (QED) is 0.793. The molecule has 2 aromatic rings. The number of hydrogen-bond donors (Lipinski definition) is 2. The van der Waals surface area contributed by atoms with Gasteiger partial charge in [-0.3, -0.25) is 0 Å². The van der Waals surface area contributed by atoms with E-state index in [-0.39, 0.29) is 18.4 Å². The van der Waals surface area contributed by atoms with Crippen LogP contribution in [0.4, 0.5) is 14.5 Å². The fourth-order valence-electron chi connectivity index (χ4n) is 1.83. The van der Waals surface area contributed by atoms with E-state index in [1.54, 1.807) is 13.8 Å². The molecule has 0 heterocycles. The van der Waals surface area contributed by atoms with Crippen molar-refractivity contribution < 1.29 is 13.5 Å². The first-order valence-electron chi connectivity index (χ1n) is 6.74. The molecule has 0 aromatic heterocycles. The summed E-state index contributed by atoms with van der Waals surface area (Å²) in [4.78, 5) is 0. The molecule has 0 unspecified atom stereocenters. The molecule has 0 bridgehead atoms. The number of hydrogen-bond acceptors (Lipinski definition) is 3. The molecular weight excluding hydrogens is 274 g/mol. The minimum Gasteiger partial charge on any atom is -0.485 e. The average Bonchev–Trinajstić information content (AvgIpc) is 2.44. The van der Waals surface area contributed by atoms with Gasteiger partial charge in [0.15, 0.2) is 17.4 Å². The van der Waals surface area contributed by atoms with Crippen molar-refractivity contribution in [3.63, 3.8) is 0 Å². The van der Waals surface area contributed by atoms with Crippen LogP contribution in [-0.4, -0.2) is 6.10 Å². The number of anilines is 1. The molecule has 0 amide bonds. The molecule has 0 aliphatic carbocycles. The van der Waals surface area contributed by atoms with Crippen LogP contribution in [0.25, 0.3) is 0 Å². The van der Waals surface area contributed by atoms with Crippen LogP contribution in [-0.2, 0) is 6.54 Å². The summed E-state index contributed by atoms with van der Waals surface area (Å²) in [5.41, 5.74) is 7.22. The fraction of sp³-hybridized carbons (Fsp3) is 0.250. The van der Waals surface area contributed by atoms with Crippen molar-refractivity contribution in [1.29, 1.82) is 0 Å². The van der Waals surface area contributed by atoms with Gasteiger partial charge < -0.3 is 10.2 Å². The van der Waals surface area contributed by atoms with Crippen molar-refractivity contribution in [3.05, 3.63) is 59.7 Å². The maximum Gasteiger partial charge on any atom is 0.191 e. The number of halogens is 2. The van der Waals surface area contributed by atoms with Gasteiger partial charge in [0.2, 0.25) is 0 Å². The number of hydrazine groups is 1. The Bertz CT molecular complexity index is 565. The van der Waals surface area contributed by atoms with E-state index in [0.717, 1.165) is 5.69 Å². The lowest BCUT2D eigenvalue weighted by molar-refractivity contribution is 0.219. The van der Waals surface area contributed by atoms with E-state index in [9.17, 15) is 8.78 Å². The molecule has 2 aromatic carbocycles. The van der Waals surface area contributed by atoms with Gasteiger partial charge in [-0.1, -0.05) is 18.2 Å². The molecule has 0 saturated heterocycles. The fourth-order valence-corrected chi connectivity index (χ4v) is 1.83. The standard InChI is InChI=1S/C16H18F2N2O/c1-11(2)21-16-14(17)8-12(9-15(16)18)10-19-20-13-6-4-3-5-7-13/h3-9,11,19-20H,10H2,1-2H3. The molecule has 5 heteroatoms. The molecule has 0 aliphatic heterocycles. The molecule has 112 valence electrons. The first-order valence-corrected chi connectivity index (χ1v) is 6.74. The highest BCUT2D eigenvalue weighted by Crippen LogP contribution is 2.24. The normalized spacial score (nSPS) is 10.7. The van der Waals surface area contributed by atoms with Crippen LogP contribution in [0, 0.1) is 11.6 Å². The topological polar surface area (TPSA) is 33.3 Å². The van der Waals surface area contributed by atoms with Crippen LogP contribution >= 0.6 is 0 Å². The smallest absolute Gasteiger partial charge is 0.191 e. The Balaban J connectivity index is 1.98. The Morgan fingerprint density at radius 3 is 2.24 bits per heavy atom. The lowest BCUT2D eigenvalue weighted by atomic mass is 10.2. The summed E-state index contributed by atoms with van der Waals surface area (Å²) in [6.45, 7) is 3.72. The van der Waals surface area contributed by atoms with Crippen LogP contribution in [0.5, 0.6) is 5.75 Å². The summed E-state index contributed by atoms with van der Waals surface area (Å²) in [6.07, 6.45) is -0.280. The Labute approximate surface area is 122 Å². The molecule has 0 radical (unpaired) electrons. The van der Waals surface area contributed by atoms with Crippen molar-refractivity contribution >= 4 is 5.69 Å². The third-order valence-corrected chi connectivity index (χ3v) is 2.71. The molecule has 0 aliphatic rings. The predicted octanol–water partition coefficient (Wildman–Crippen LogP) is 3.87. The SMILES string of the molecule is CC(C)Oc1c(F)cc(CNNc2ccccc2)cc1F. The summed E-state index contributed by atoms with van der Waals surface area (Å²) in [7, 11) is 0. The van der Waals surface area contributed by atoms with Crippen molar-refractivity contribution in [2.75, 3.05) is 5.43 Å². The molecule has 0 spiro atoms. The maximum atomic E-state index is 13.8. The molecule has 3 nitrogen and oxygen atoms in total. The van der Waals surface area contributed by atoms with E-state index >= 15 is 0 Å². The van der Waals surface area contributed by atoms with E-state index in [2.05, 4.69) is 10.9 Å². The van der Waals surface area contributed by atoms with Gasteiger partial charge in [0.25, 0.3) is 0 Å². The number of para-hydroxylation sites is 1. The van der Waals surface area contributed by atoms with Gasteiger partial charge in [-0.25, -0.2) is 14.2 Å². The zero-order chi connectivity index (χ0) is 15.2. The Hall–Kier alpha value is -2.14. The average molecular weight is 292 g/mol. The number of rotatable bonds is 6. The summed E-state index contributed by atoms with van der Waals surface area (Å²) < 4.78 is 32.7. The first-order chi connectivity index (χ1) is 10.1. The van der Waals surface area contributed by atoms with E-state index in [1.807, 2.05) is 30.3 Å². The third-order valence-electron chi connectivity index (χ3n) is 2.71. The van der Waals surface area contributed by atoms with Crippen LogP contribution in [0.2, 0.25) is 0 Å². The largest absolute Gasteiger partial charge is 0.485 e. The predicted molar refractivity (Wildman–Crippen MR) is 79.0 cm³/mol. The lowest BCUT2D eigenvalue weighted by Crippen LogP contribution is -2.21. The second-order valence-corrected chi connectivity index (χ2v) is 4.90. The van der Waals surface area contributed by atoms with Gasteiger partial charge in [-0.15, -0.1) is 0 Å². The van der Waals surface area contributed by atoms with Crippen molar-refractivity contribution in [2.45, 2.75) is 26.5 Å². The number of ether oxygens (including phenoxy) is 1. The van der Waals surface area contributed by atoms with Crippen LogP contribution in [0.3, 0.4) is 0 Å². The van der Waals surface area contributed by atoms with E-state index in [0.29, 0.717) is 5.56 Å². The molecule has 21 heavy (non-hydrogen) atoms. The van der Waals surface area contributed by atoms with Crippen LogP contribution < -0.4 is 15.6 Å². The zero-order valence-corrected chi connectivity index (χ0v) is 12.0. The second kappa shape index (κ2) is 7.04. The van der Waals surface area contributed by atoms with Gasteiger partial charge in [-0.2, -0.15) is 0 Å². The Morgan fingerprint density at radius 2 is 1.67 bits per heavy atom. The molecule has 2 rings (SSSR count).